The smallest absolute Gasteiger partial charge is 0.150 e. The number of benzene rings is 1. The number of piperidine rings is 1. The molecule has 0 saturated carbocycles. The second-order valence-corrected chi connectivity index (χ2v) is 5.38. The minimum Gasteiger partial charge on any atom is -0.370 e. The highest BCUT2D eigenvalue weighted by molar-refractivity contribution is 9.10. The van der Waals surface area contributed by atoms with Crippen LogP contribution in [-0.4, -0.2) is 19.4 Å². The summed E-state index contributed by atoms with van der Waals surface area (Å²) in [6.45, 7) is 4.52. The number of rotatable bonds is 2. The SMILES string of the molecule is CC1CCCN(c2ccc(C=O)cc2Br)C1. The largest absolute Gasteiger partial charge is 0.370 e. The fourth-order valence-electron chi connectivity index (χ4n) is 2.26. The lowest BCUT2D eigenvalue weighted by Crippen LogP contribution is -2.34. The third-order valence-corrected chi connectivity index (χ3v) is 3.74. The van der Waals surface area contributed by atoms with E-state index in [2.05, 4.69) is 27.8 Å². The summed E-state index contributed by atoms with van der Waals surface area (Å²) in [6, 6.07) is 5.81. The van der Waals surface area contributed by atoms with Crippen LogP contribution >= 0.6 is 15.9 Å². The molecule has 1 heterocycles. The van der Waals surface area contributed by atoms with Crippen LogP contribution in [0.3, 0.4) is 0 Å². The molecule has 1 saturated heterocycles. The van der Waals surface area contributed by atoms with Crippen molar-refractivity contribution in [3.63, 3.8) is 0 Å². The summed E-state index contributed by atoms with van der Waals surface area (Å²) in [5, 5.41) is 0. The Morgan fingerprint density at radius 2 is 2.31 bits per heavy atom. The molecule has 0 aromatic heterocycles. The molecule has 0 aliphatic carbocycles. The quantitative estimate of drug-likeness (QED) is 0.774. The third-order valence-electron chi connectivity index (χ3n) is 3.11. The minimum absolute atomic E-state index is 0.723. The molecule has 1 fully saturated rings. The monoisotopic (exact) mass is 281 g/mol. The number of aldehydes is 1. The first kappa shape index (κ1) is 11.6. The number of hydrogen-bond donors (Lipinski definition) is 0. The van der Waals surface area contributed by atoms with Crippen LogP contribution in [0.4, 0.5) is 5.69 Å². The van der Waals surface area contributed by atoms with Crippen molar-refractivity contribution in [1.29, 1.82) is 0 Å². The lowest BCUT2D eigenvalue weighted by molar-refractivity contribution is 0.112. The molecule has 1 aromatic rings. The van der Waals surface area contributed by atoms with Crippen LogP contribution in [0, 0.1) is 5.92 Å². The van der Waals surface area contributed by atoms with Gasteiger partial charge in [0.1, 0.15) is 6.29 Å². The minimum atomic E-state index is 0.723. The number of nitrogens with zero attached hydrogens (tertiary/aromatic N) is 1. The van der Waals surface area contributed by atoms with Crippen molar-refractivity contribution in [2.45, 2.75) is 19.8 Å². The Labute approximate surface area is 105 Å². The summed E-state index contributed by atoms with van der Waals surface area (Å²) in [5.41, 5.74) is 1.93. The molecule has 86 valence electrons. The molecule has 0 N–H and O–H groups in total. The molecule has 2 nitrogen and oxygen atoms in total. The van der Waals surface area contributed by atoms with Crippen molar-refractivity contribution < 1.29 is 4.79 Å². The molecule has 1 aliphatic rings. The van der Waals surface area contributed by atoms with Gasteiger partial charge in [0.25, 0.3) is 0 Å². The van der Waals surface area contributed by atoms with Gasteiger partial charge in [0.2, 0.25) is 0 Å². The summed E-state index contributed by atoms with van der Waals surface area (Å²) in [4.78, 5) is 13.1. The maximum atomic E-state index is 10.7. The average molecular weight is 282 g/mol. The van der Waals surface area contributed by atoms with Crippen molar-refractivity contribution in [2.24, 2.45) is 5.92 Å². The number of carbonyl (C=O) groups excluding carboxylic acids is 1. The zero-order chi connectivity index (χ0) is 11.5. The highest BCUT2D eigenvalue weighted by atomic mass is 79.9. The van der Waals surface area contributed by atoms with E-state index in [1.54, 1.807) is 0 Å². The zero-order valence-corrected chi connectivity index (χ0v) is 11.0. The molecular formula is C13H16BrNO. The summed E-state index contributed by atoms with van der Waals surface area (Å²) in [5.74, 6) is 0.756. The maximum Gasteiger partial charge on any atom is 0.150 e. The fourth-order valence-corrected chi connectivity index (χ4v) is 2.91. The van der Waals surface area contributed by atoms with E-state index in [-0.39, 0.29) is 0 Å². The number of hydrogen-bond acceptors (Lipinski definition) is 2. The van der Waals surface area contributed by atoms with Crippen molar-refractivity contribution >= 4 is 27.9 Å². The van der Waals surface area contributed by atoms with Crippen molar-refractivity contribution in [1.82, 2.24) is 0 Å². The second-order valence-electron chi connectivity index (χ2n) is 4.52. The number of carbonyl (C=O) groups is 1. The highest BCUT2D eigenvalue weighted by Crippen LogP contribution is 2.30. The molecule has 1 unspecified atom stereocenters. The molecule has 16 heavy (non-hydrogen) atoms. The lowest BCUT2D eigenvalue weighted by atomic mass is 9.99. The fraction of sp³-hybridized carbons (Fsp3) is 0.462. The van der Waals surface area contributed by atoms with E-state index >= 15 is 0 Å². The van der Waals surface area contributed by atoms with Gasteiger partial charge in [-0.05, 0) is 52.9 Å². The van der Waals surface area contributed by atoms with Crippen molar-refractivity contribution in [3.8, 4) is 0 Å². The van der Waals surface area contributed by atoms with E-state index in [1.165, 1.54) is 18.5 Å². The predicted octanol–water partition coefficient (Wildman–Crippen LogP) is 3.50. The Bertz CT molecular complexity index is 392. The van der Waals surface area contributed by atoms with Gasteiger partial charge in [0.15, 0.2) is 0 Å². The topological polar surface area (TPSA) is 20.3 Å². The van der Waals surface area contributed by atoms with Gasteiger partial charge in [0.05, 0.1) is 5.69 Å². The van der Waals surface area contributed by atoms with Gasteiger partial charge in [0, 0.05) is 23.1 Å². The first-order valence-electron chi connectivity index (χ1n) is 5.70. The number of anilines is 1. The van der Waals surface area contributed by atoms with Crippen LogP contribution in [0.25, 0.3) is 0 Å². The summed E-state index contributed by atoms with van der Waals surface area (Å²) in [7, 11) is 0. The Kier molecular flexibility index (Phi) is 3.64. The van der Waals surface area contributed by atoms with E-state index in [0.29, 0.717) is 0 Å². The molecule has 0 radical (unpaired) electrons. The Morgan fingerprint density at radius 3 is 2.94 bits per heavy atom. The maximum absolute atomic E-state index is 10.7. The van der Waals surface area contributed by atoms with Crippen LogP contribution in [-0.2, 0) is 0 Å². The summed E-state index contributed by atoms with van der Waals surface area (Å²) in [6.07, 6.45) is 3.46. The van der Waals surface area contributed by atoms with E-state index in [9.17, 15) is 4.79 Å². The Morgan fingerprint density at radius 1 is 1.50 bits per heavy atom. The van der Waals surface area contributed by atoms with Crippen LogP contribution in [0.5, 0.6) is 0 Å². The second kappa shape index (κ2) is 5.00. The predicted molar refractivity (Wildman–Crippen MR) is 70.1 cm³/mol. The standard InChI is InChI=1S/C13H16BrNO/c1-10-3-2-6-15(8-10)13-5-4-11(9-16)7-12(13)14/h4-5,7,9-10H,2-3,6,8H2,1H3. The zero-order valence-electron chi connectivity index (χ0n) is 9.45. The van der Waals surface area contributed by atoms with E-state index < -0.39 is 0 Å². The molecular weight excluding hydrogens is 266 g/mol. The molecule has 0 spiro atoms. The van der Waals surface area contributed by atoms with Crippen molar-refractivity contribution in [3.05, 3.63) is 28.2 Å². The summed E-state index contributed by atoms with van der Waals surface area (Å²) < 4.78 is 1.02. The lowest BCUT2D eigenvalue weighted by Gasteiger charge is -2.33. The van der Waals surface area contributed by atoms with Gasteiger partial charge in [-0.25, -0.2) is 0 Å². The molecule has 3 heteroatoms. The van der Waals surface area contributed by atoms with Crippen LogP contribution in [0.2, 0.25) is 0 Å². The number of halogens is 1. The van der Waals surface area contributed by atoms with Gasteiger partial charge in [-0.15, -0.1) is 0 Å². The van der Waals surface area contributed by atoms with E-state index in [0.717, 1.165) is 35.3 Å². The van der Waals surface area contributed by atoms with Gasteiger partial charge in [-0.1, -0.05) is 6.92 Å². The summed E-state index contributed by atoms with van der Waals surface area (Å²) >= 11 is 3.54. The van der Waals surface area contributed by atoms with Gasteiger partial charge in [-0.3, -0.25) is 4.79 Å². The van der Waals surface area contributed by atoms with Crippen LogP contribution in [0.1, 0.15) is 30.1 Å². The van der Waals surface area contributed by atoms with Crippen LogP contribution < -0.4 is 4.90 Å². The third kappa shape index (κ3) is 2.46. The molecule has 1 aliphatic heterocycles. The molecule has 2 rings (SSSR count). The van der Waals surface area contributed by atoms with E-state index in [4.69, 9.17) is 0 Å². The Balaban J connectivity index is 2.22. The molecule has 0 bridgehead atoms. The van der Waals surface area contributed by atoms with Crippen LogP contribution in [0.15, 0.2) is 22.7 Å². The highest BCUT2D eigenvalue weighted by Gasteiger charge is 2.18. The Hall–Kier alpha value is -0.830. The van der Waals surface area contributed by atoms with Gasteiger partial charge < -0.3 is 4.90 Å². The normalized spacial score (nSPS) is 20.9. The van der Waals surface area contributed by atoms with Gasteiger partial charge >= 0.3 is 0 Å². The molecule has 0 amide bonds. The van der Waals surface area contributed by atoms with Crippen molar-refractivity contribution in [2.75, 3.05) is 18.0 Å². The van der Waals surface area contributed by atoms with E-state index in [1.807, 2.05) is 18.2 Å². The first-order valence-corrected chi connectivity index (χ1v) is 6.49. The molecule has 1 atom stereocenters. The average Bonchev–Trinajstić information content (AvgIpc) is 2.28. The first-order chi connectivity index (χ1) is 7.70. The molecule has 1 aromatic carbocycles. The van der Waals surface area contributed by atoms with Gasteiger partial charge in [-0.2, -0.15) is 0 Å².